The molecule has 0 unspecified atom stereocenters. The molecule has 1 fully saturated rings. The van der Waals surface area contributed by atoms with E-state index >= 15 is 0 Å². The molecular weight excluding hydrogens is 231 g/mol. The maximum atomic E-state index is 13.3. The zero-order valence-electron chi connectivity index (χ0n) is 8.07. The molecule has 0 radical (unpaired) electrons. The van der Waals surface area contributed by atoms with Crippen LogP contribution < -0.4 is 5.32 Å². The van der Waals surface area contributed by atoms with Crippen molar-refractivity contribution in [2.45, 2.75) is 0 Å². The molecule has 1 saturated heterocycles. The van der Waals surface area contributed by atoms with Gasteiger partial charge in [-0.3, -0.25) is 9.59 Å². The third-order valence-electron chi connectivity index (χ3n) is 2.15. The molecule has 16 heavy (non-hydrogen) atoms. The molecule has 0 aliphatic carbocycles. The molecular formula is C10H7FN2O2S. The normalized spacial score (nSPS) is 15.2. The van der Waals surface area contributed by atoms with E-state index in [9.17, 15) is 14.0 Å². The van der Waals surface area contributed by atoms with Crippen LogP contribution in [0.25, 0.3) is 0 Å². The number of amides is 2. The number of benzene rings is 1. The number of rotatable bonds is 1. The molecule has 0 spiro atoms. The average molecular weight is 238 g/mol. The minimum atomic E-state index is -0.738. The zero-order valence-corrected chi connectivity index (χ0v) is 8.88. The number of nitrogens with one attached hydrogen (secondary N) is 1. The number of carbonyl (C=O) groups is 2. The summed E-state index contributed by atoms with van der Waals surface area (Å²) in [5.41, 5.74) is -0.165. The number of hydrogen-bond donors (Lipinski definition) is 1. The monoisotopic (exact) mass is 238 g/mol. The first-order valence-corrected chi connectivity index (χ1v) is 4.91. The maximum Gasteiger partial charge on any atom is 0.269 e. The van der Waals surface area contributed by atoms with Gasteiger partial charge in [-0.2, -0.15) is 0 Å². The molecule has 82 valence electrons. The molecule has 0 bridgehead atoms. The second-order valence-electron chi connectivity index (χ2n) is 3.17. The first kappa shape index (κ1) is 10.7. The molecule has 6 heteroatoms. The Labute approximate surface area is 96.0 Å². The van der Waals surface area contributed by atoms with Crippen molar-refractivity contribution in [2.24, 2.45) is 0 Å². The number of carbonyl (C=O) groups excluding carboxylic acids is 2. The first-order valence-electron chi connectivity index (χ1n) is 4.51. The third kappa shape index (κ3) is 1.67. The fraction of sp³-hybridized carbons (Fsp3) is 0.100. The van der Waals surface area contributed by atoms with Crippen LogP contribution >= 0.6 is 12.2 Å². The second-order valence-corrected chi connectivity index (χ2v) is 3.56. The molecule has 1 N–H and O–H groups in total. The fourth-order valence-electron chi connectivity index (χ4n) is 1.38. The van der Waals surface area contributed by atoms with Gasteiger partial charge in [0.15, 0.2) is 5.11 Å². The molecule has 0 aromatic heterocycles. The largest absolute Gasteiger partial charge is 0.353 e. The molecule has 4 nitrogen and oxygen atoms in total. The fourth-order valence-corrected chi connectivity index (χ4v) is 1.64. The lowest BCUT2D eigenvalue weighted by Crippen LogP contribution is -2.37. The molecule has 2 rings (SSSR count). The Morgan fingerprint density at radius 3 is 2.69 bits per heavy atom. The number of hydrogen-bond acceptors (Lipinski definition) is 3. The van der Waals surface area contributed by atoms with Crippen molar-refractivity contribution in [3.8, 4) is 0 Å². The minimum absolute atomic E-state index is 0.0123. The molecule has 1 aliphatic heterocycles. The molecule has 2 amide bonds. The summed E-state index contributed by atoms with van der Waals surface area (Å²) in [6.45, 7) is -0.0287. The summed E-state index contributed by atoms with van der Waals surface area (Å²) in [7, 11) is 0. The van der Waals surface area contributed by atoms with Crippen LogP contribution in [0.1, 0.15) is 10.4 Å². The summed E-state index contributed by atoms with van der Waals surface area (Å²) in [5, 5.41) is 2.57. The van der Waals surface area contributed by atoms with Gasteiger partial charge >= 0.3 is 0 Å². The van der Waals surface area contributed by atoms with Gasteiger partial charge in [0.2, 0.25) is 0 Å². The Morgan fingerprint density at radius 2 is 2.12 bits per heavy atom. The Hall–Kier alpha value is -1.82. The van der Waals surface area contributed by atoms with Gasteiger partial charge in [-0.1, -0.05) is 12.1 Å². The number of thiocarbonyl (C=S) groups is 1. The Morgan fingerprint density at radius 1 is 1.44 bits per heavy atom. The number of nitrogens with zero attached hydrogens (tertiary/aromatic N) is 1. The van der Waals surface area contributed by atoms with Crippen molar-refractivity contribution in [2.75, 3.05) is 6.54 Å². The molecule has 1 aromatic carbocycles. The van der Waals surface area contributed by atoms with E-state index in [1.807, 2.05) is 0 Å². The van der Waals surface area contributed by atoms with Crippen molar-refractivity contribution in [1.82, 2.24) is 10.2 Å². The number of imide groups is 1. The van der Waals surface area contributed by atoms with Crippen LogP contribution in [0.5, 0.6) is 0 Å². The quantitative estimate of drug-likeness (QED) is 0.577. The molecule has 1 aromatic rings. The summed E-state index contributed by atoms with van der Waals surface area (Å²) in [6.07, 6.45) is 0. The molecule has 0 atom stereocenters. The van der Waals surface area contributed by atoms with Crippen molar-refractivity contribution in [3.05, 3.63) is 35.6 Å². The van der Waals surface area contributed by atoms with Crippen molar-refractivity contribution in [1.29, 1.82) is 0 Å². The smallest absolute Gasteiger partial charge is 0.269 e. The highest BCUT2D eigenvalue weighted by Gasteiger charge is 2.33. The highest BCUT2D eigenvalue weighted by Crippen LogP contribution is 2.12. The summed E-state index contributed by atoms with van der Waals surface area (Å²) in [6, 6.07) is 5.46. The summed E-state index contributed by atoms with van der Waals surface area (Å²) >= 11 is 4.79. The van der Waals surface area contributed by atoms with Crippen LogP contribution in [0.3, 0.4) is 0 Å². The average Bonchev–Trinajstić information content (AvgIpc) is 2.58. The van der Waals surface area contributed by atoms with Crippen LogP contribution in [-0.4, -0.2) is 28.4 Å². The highest BCUT2D eigenvalue weighted by molar-refractivity contribution is 7.80. The van der Waals surface area contributed by atoms with Gasteiger partial charge in [-0.05, 0) is 24.4 Å². The predicted octanol–water partition coefficient (Wildman–Crippen LogP) is 0.683. The molecule has 0 saturated carbocycles. The summed E-state index contributed by atoms with van der Waals surface area (Å²) < 4.78 is 13.3. The lowest BCUT2D eigenvalue weighted by Gasteiger charge is -2.12. The molecule has 1 aliphatic rings. The van der Waals surface area contributed by atoms with Gasteiger partial charge in [0.1, 0.15) is 5.82 Å². The van der Waals surface area contributed by atoms with Gasteiger partial charge in [-0.25, -0.2) is 9.29 Å². The van der Waals surface area contributed by atoms with E-state index in [1.165, 1.54) is 18.2 Å². The van der Waals surface area contributed by atoms with Gasteiger partial charge in [0.25, 0.3) is 11.8 Å². The van der Waals surface area contributed by atoms with E-state index in [4.69, 9.17) is 12.2 Å². The Bertz CT molecular complexity index is 473. The van der Waals surface area contributed by atoms with Gasteiger partial charge < -0.3 is 5.32 Å². The van der Waals surface area contributed by atoms with Crippen molar-refractivity contribution >= 4 is 29.1 Å². The van der Waals surface area contributed by atoms with E-state index in [2.05, 4.69) is 5.32 Å². The lowest BCUT2D eigenvalue weighted by atomic mass is 10.2. The van der Waals surface area contributed by atoms with Crippen LogP contribution in [-0.2, 0) is 4.79 Å². The SMILES string of the molecule is O=C1CNC(=S)N1C(=O)c1ccccc1F. The van der Waals surface area contributed by atoms with Gasteiger partial charge in [-0.15, -0.1) is 0 Å². The van der Waals surface area contributed by atoms with E-state index < -0.39 is 17.6 Å². The standard InChI is InChI=1S/C10H7FN2O2S/c11-7-4-2-1-3-6(7)9(15)13-8(14)5-12-10(13)16/h1-4H,5H2,(H,12,16). The minimum Gasteiger partial charge on any atom is -0.353 e. The van der Waals surface area contributed by atoms with Gasteiger partial charge in [0, 0.05) is 0 Å². The van der Waals surface area contributed by atoms with Gasteiger partial charge in [0.05, 0.1) is 12.1 Å². The highest BCUT2D eigenvalue weighted by atomic mass is 32.1. The van der Waals surface area contributed by atoms with Crippen molar-refractivity contribution < 1.29 is 14.0 Å². The van der Waals surface area contributed by atoms with E-state index in [0.29, 0.717) is 0 Å². The topological polar surface area (TPSA) is 49.4 Å². The number of halogens is 1. The van der Waals surface area contributed by atoms with Crippen LogP contribution in [0.2, 0.25) is 0 Å². The van der Waals surface area contributed by atoms with E-state index in [1.54, 1.807) is 0 Å². The van der Waals surface area contributed by atoms with Crippen molar-refractivity contribution in [3.63, 3.8) is 0 Å². The maximum absolute atomic E-state index is 13.3. The Balaban J connectivity index is 2.36. The predicted molar refractivity (Wildman–Crippen MR) is 58.2 cm³/mol. The third-order valence-corrected chi connectivity index (χ3v) is 2.48. The lowest BCUT2D eigenvalue weighted by molar-refractivity contribution is -0.122. The summed E-state index contributed by atoms with van der Waals surface area (Å²) in [5.74, 6) is -1.88. The zero-order chi connectivity index (χ0) is 11.7. The van der Waals surface area contributed by atoms with Crippen LogP contribution in [0.4, 0.5) is 4.39 Å². The first-order chi connectivity index (χ1) is 7.61. The molecule has 1 heterocycles. The van der Waals surface area contributed by atoms with E-state index in [0.717, 1.165) is 11.0 Å². The summed E-state index contributed by atoms with van der Waals surface area (Å²) in [4.78, 5) is 23.9. The second kappa shape index (κ2) is 3.97. The van der Waals surface area contributed by atoms with Crippen LogP contribution in [0.15, 0.2) is 24.3 Å². The Kier molecular flexibility index (Phi) is 2.66. The van der Waals surface area contributed by atoms with Crippen LogP contribution in [0, 0.1) is 5.82 Å². The van der Waals surface area contributed by atoms with E-state index in [-0.39, 0.29) is 17.2 Å².